The molecule has 0 atom stereocenters. The van der Waals surface area contributed by atoms with Crippen LogP contribution in [-0.2, 0) is 6.54 Å². The van der Waals surface area contributed by atoms with E-state index in [2.05, 4.69) is 0 Å². The molecule has 0 fully saturated rings. The SMILES string of the molecule is O=C(c1sc2ccccc2c1Cl)N(Cc1ccccc1)c1nc2c(Cl)cccc2s1. The minimum Gasteiger partial charge on any atom is -0.279 e. The molecule has 0 radical (unpaired) electrons. The number of hydrogen-bond acceptors (Lipinski definition) is 4. The van der Waals surface area contributed by atoms with E-state index in [1.54, 1.807) is 11.0 Å². The number of amides is 1. The van der Waals surface area contributed by atoms with Crippen molar-refractivity contribution in [2.24, 2.45) is 0 Å². The maximum Gasteiger partial charge on any atom is 0.272 e. The van der Waals surface area contributed by atoms with E-state index in [1.807, 2.05) is 66.7 Å². The summed E-state index contributed by atoms with van der Waals surface area (Å²) in [5, 5.41) is 2.54. The van der Waals surface area contributed by atoms with Gasteiger partial charge in [-0.05, 0) is 23.8 Å². The highest BCUT2D eigenvalue weighted by molar-refractivity contribution is 7.23. The van der Waals surface area contributed by atoms with Crippen LogP contribution in [-0.4, -0.2) is 10.9 Å². The predicted octanol–water partition coefficient (Wildman–Crippen LogP) is 7.66. The molecule has 0 aliphatic carbocycles. The van der Waals surface area contributed by atoms with E-state index in [-0.39, 0.29) is 5.91 Å². The maximum atomic E-state index is 13.7. The summed E-state index contributed by atoms with van der Waals surface area (Å²) in [6.45, 7) is 0.391. The fourth-order valence-corrected chi connectivity index (χ4v) is 6.01. The molecule has 3 nitrogen and oxygen atoms in total. The number of nitrogens with zero attached hydrogens (tertiary/aromatic N) is 2. The summed E-state index contributed by atoms with van der Waals surface area (Å²) >= 11 is 15.8. The van der Waals surface area contributed by atoms with Crippen molar-refractivity contribution in [3.63, 3.8) is 0 Å². The zero-order chi connectivity index (χ0) is 20.7. The molecular weight excluding hydrogens is 455 g/mol. The number of carbonyl (C=O) groups excluding carboxylic acids is 1. The fourth-order valence-electron chi connectivity index (χ4n) is 3.29. The molecule has 0 saturated carbocycles. The molecule has 0 N–H and O–H groups in total. The topological polar surface area (TPSA) is 33.2 Å². The summed E-state index contributed by atoms with van der Waals surface area (Å²) in [6, 6.07) is 23.3. The Kier molecular flexibility index (Phi) is 5.21. The van der Waals surface area contributed by atoms with Gasteiger partial charge in [-0.1, -0.05) is 89.1 Å². The lowest BCUT2D eigenvalue weighted by Crippen LogP contribution is -2.29. The molecule has 0 saturated heterocycles. The number of aromatic nitrogens is 1. The first kappa shape index (κ1) is 19.5. The smallest absolute Gasteiger partial charge is 0.272 e. The van der Waals surface area contributed by atoms with Crippen molar-refractivity contribution in [2.45, 2.75) is 6.54 Å². The molecule has 3 aromatic carbocycles. The van der Waals surface area contributed by atoms with Gasteiger partial charge in [0, 0.05) is 10.1 Å². The van der Waals surface area contributed by atoms with Crippen LogP contribution in [0.2, 0.25) is 10.0 Å². The predicted molar refractivity (Wildman–Crippen MR) is 128 cm³/mol. The largest absolute Gasteiger partial charge is 0.279 e. The van der Waals surface area contributed by atoms with Crippen LogP contribution < -0.4 is 4.90 Å². The summed E-state index contributed by atoms with van der Waals surface area (Å²) in [5.74, 6) is -0.166. The Bertz CT molecular complexity index is 1380. The molecule has 0 bridgehead atoms. The van der Waals surface area contributed by atoms with Crippen molar-refractivity contribution < 1.29 is 4.79 Å². The van der Waals surface area contributed by atoms with E-state index in [9.17, 15) is 4.79 Å². The van der Waals surface area contributed by atoms with Crippen LogP contribution >= 0.6 is 45.9 Å². The van der Waals surface area contributed by atoms with Gasteiger partial charge in [0.15, 0.2) is 5.13 Å². The van der Waals surface area contributed by atoms with E-state index in [1.165, 1.54) is 22.7 Å². The number of thiophene rings is 1. The molecule has 2 aromatic heterocycles. The Hall–Kier alpha value is -2.44. The summed E-state index contributed by atoms with van der Waals surface area (Å²) in [6.07, 6.45) is 0. The second-order valence-electron chi connectivity index (χ2n) is 6.70. The van der Waals surface area contributed by atoms with Gasteiger partial charge in [-0.2, -0.15) is 0 Å². The van der Waals surface area contributed by atoms with E-state index >= 15 is 0 Å². The Balaban J connectivity index is 1.63. The van der Waals surface area contributed by atoms with Crippen LogP contribution in [0.1, 0.15) is 15.2 Å². The molecule has 0 unspecified atom stereocenters. The average molecular weight is 469 g/mol. The summed E-state index contributed by atoms with van der Waals surface area (Å²) in [4.78, 5) is 20.6. The Morgan fingerprint density at radius 2 is 1.60 bits per heavy atom. The van der Waals surface area contributed by atoms with Gasteiger partial charge in [-0.3, -0.25) is 9.69 Å². The number of carbonyl (C=O) groups is 1. The van der Waals surface area contributed by atoms with Gasteiger partial charge in [0.2, 0.25) is 0 Å². The van der Waals surface area contributed by atoms with Gasteiger partial charge in [0.05, 0.1) is 21.3 Å². The highest BCUT2D eigenvalue weighted by atomic mass is 35.5. The molecular formula is C23H14Cl2N2OS2. The zero-order valence-electron chi connectivity index (χ0n) is 15.5. The zero-order valence-corrected chi connectivity index (χ0v) is 18.7. The monoisotopic (exact) mass is 468 g/mol. The molecule has 0 spiro atoms. The number of thiazole rings is 1. The van der Waals surface area contributed by atoms with Crippen LogP contribution in [0.25, 0.3) is 20.3 Å². The number of para-hydroxylation sites is 1. The van der Waals surface area contributed by atoms with Gasteiger partial charge in [0.1, 0.15) is 10.4 Å². The van der Waals surface area contributed by atoms with Crippen LogP contribution in [0.15, 0.2) is 72.8 Å². The highest BCUT2D eigenvalue weighted by Gasteiger charge is 2.26. The van der Waals surface area contributed by atoms with E-state index < -0.39 is 0 Å². The quantitative estimate of drug-likeness (QED) is 0.271. The molecule has 0 aliphatic rings. The highest BCUT2D eigenvalue weighted by Crippen LogP contribution is 2.39. The van der Waals surface area contributed by atoms with Gasteiger partial charge >= 0.3 is 0 Å². The Morgan fingerprint density at radius 1 is 0.867 bits per heavy atom. The van der Waals surface area contributed by atoms with E-state index in [0.717, 1.165) is 20.3 Å². The molecule has 1 amide bonds. The third kappa shape index (κ3) is 3.48. The average Bonchev–Trinajstić information content (AvgIpc) is 3.35. The van der Waals surface area contributed by atoms with Gasteiger partial charge in [-0.25, -0.2) is 4.98 Å². The lowest BCUT2D eigenvalue weighted by molar-refractivity contribution is 0.0989. The van der Waals surface area contributed by atoms with Crippen molar-refractivity contribution in [2.75, 3.05) is 4.90 Å². The Labute approximate surface area is 191 Å². The Morgan fingerprint density at radius 3 is 2.37 bits per heavy atom. The molecule has 2 heterocycles. The molecule has 7 heteroatoms. The summed E-state index contributed by atoms with van der Waals surface area (Å²) in [7, 11) is 0. The van der Waals surface area contributed by atoms with Gasteiger partial charge in [-0.15, -0.1) is 11.3 Å². The third-order valence-corrected chi connectivity index (χ3v) is 7.76. The maximum absolute atomic E-state index is 13.7. The number of anilines is 1. The second kappa shape index (κ2) is 8.00. The van der Waals surface area contributed by atoms with Crippen molar-refractivity contribution in [1.82, 2.24) is 4.98 Å². The van der Waals surface area contributed by atoms with Crippen LogP contribution in [0.4, 0.5) is 5.13 Å². The third-order valence-electron chi connectivity index (χ3n) is 4.75. The number of rotatable bonds is 4. The standard InChI is InChI=1S/C23H14Cl2N2OS2/c24-16-10-6-12-18-20(16)26-23(30-18)27(13-14-7-2-1-3-8-14)22(28)21-19(25)15-9-4-5-11-17(15)29-21/h1-12H,13H2. The number of halogens is 2. The molecule has 30 heavy (non-hydrogen) atoms. The molecule has 0 aliphatic heterocycles. The first-order valence-electron chi connectivity index (χ1n) is 9.19. The van der Waals surface area contributed by atoms with Crippen molar-refractivity contribution in [3.05, 3.63) is 93.3 Å². The lowest BCUT2D eigenvalue weighted by Gasteiger charge is -2.19. The molecule has 148 valence electrons. The molecule has 5 aromatic rings. The number of benzene rings is 3. The van der Waals surface area contributed by atoms with E-state index in [4.69, 9.17) is 28.2 Å². The second-order valence-corrected chi connectivity index (χ2v) is 9.55. The summed E-state index contributed by atoms with van der Waals surface area (Å²) in [5.41, 5.74) is 1.71. The molecule has 5 rings (SSSR count). The normalized spacial score (nSPS) is 11.3. The van der Waals surface area contributed by atoms with Crippen LogP contribution in [0.3, 0.4) is 0 Å². The van der Waals surface area contributed by atoms with Crippen molar-refractivity contribution in [1.29, 1.82) is 0 Å². The van der Waals surface area contributed by atoms with Crippen molar-refractivity contribution in [3.8, 4) is 0 Å². The minimum atomic E-state index is -0.166. The van der Waals surface area contributed by atoms with Gasteiger partial charge < -0.3 is 0 Å². The minimum absolute atomic E-state index is 0.166. The van der Waals surface area contributed by atoms with Crippen molar-refractivity contribution >= 4 is 77.2 Å². The van der Waals surface area contributed by atoms with Gasteiger partial charge in [0.25, 0.3) is 5.91 Å². The fraction of sp³-hybridized carbons (Fsp3) is 0.0435. The summed E-state index contributed by atoms with van der Waals surface area (Å²) < 4.78 is 1.92. The van der Waals surface area contributed by atoms with Crippen LogP contribution in [0.5, 0.6) is 0 Å². The first-order valence-corrected chi connectivity index (χ1v) is 11.6. The van der Waals surface area contributed by atoms with E-state index in [0.29, 0.717) is 32.1 Å². The first-order chi connectivity index (χ1) is 14.6. The van der Waals surface area contributed by atoms with Crippen LogP contribution in [0, 0.1) is 0 Å². The lowest BCUT2D eigenvalue weighted by atomic mass is 10.2. The number of hydrogen-bond donors (Lipinski definition) is 0. The number of fused-ring (bicyclic) bond motifs is 2.